The summed E-state index contributed by atoms with van der Waals surface area (Å²) < 4.78 is 5.64. The third-order valence-electron chi connectivity index (χ3n) is 5.33. The molecular formula is C18H36N2O. The Morgan fingerprint density at radius 1 is 1.19 bits per heavy atom. The predicted molar refractivity (Wildman–Crippen MR) is 89.6 cm³/mol. The summed E-state index contributed by atoms with van der Waals surface area (Å²) in [7, 11) is 0. The standard InChI is InChI=1S/C18H36N2O/c1-15(2)12-19-13-18(7-10-21-11-8-18)14-20-9-5-6-17(20)16(3)4/h15-17,19H,5-14H2,1-4H3. The Morgan fingerprint density at radius 2 is 1.90 bits per heavy atom. The van der Waals surface area contributed by atoms with E-state index in [0.717, 1.165) is 44.2 Å². The van der Waals surface area contributed by atoms with Gasteiger partial charge in [0.05, 0.1) is 0 Å². The predicted octanol–water partition coefficient (Wildman–Crippen LogP) is 3.15. The van der Waals surface area contributed by atoms with Gasteiger partial charge in [-0.1, -0.05) is 27.7 Å². The highest BCUT2D eigenvalue weighted by Crippen LogP contribution is 2.35. The number of nitrogens with one attached hydrogen (secondary N) is 1. The molecule has 1 N–H and O–H groups in total. The van der Waals surface area contributed by atoms with Gasteiger partial charge in [-0.2, -0.15) is 0 Å². The van der Waals surface area contributed by atoms with Crippen LogP contribution in [0.2, 0.25) is 0 Å². The minimum Gasteiger partial charge on any atom is -0.381 e. The molecule has 0 aliphatic carbocycles. The Bertz CT molecular complexity index is 298. The number of hydrogen-bond donors (Lipinski definition) is 1. The van der Waals surface area contributed by atoms with E-state index in [1.165, 1.54) is 38.8 Å². The lowest BCUT2D eigenvalue weighted by Gasteiger charge is -2.42. The second-order valence-corrected chi connectivity index (χ2v) is 8.06. The molecule has 0 radical (unpaired) electrons. The zero-order valence-corrected chi connectivity index (χ0v) is 14.7. The van der Waals surface area contributed by atoms with Gasteiger partial charge < -0.3 is 10.1 Å². The van der Waals surface area contributed by atoms with Crippen molar-refractivity contribution in [2.75, 3.05) is 39.4 Å². The van der Waals surface area contributed by atoms with E-state index in [4.69, 9.17) is 4.74 Å². The first-order valence-electron chi connectivity index (χ1n) is 9.05. The van der Waals surface area contributed by atoms with Gasteiger partial charge in [-0.15, -0.1) is 0 Å². The lowest BCUT2D eigenvalue weighted by atomic mass is 9.79. The normalized spacial score (nSPS) is 26.9. The third-order valence-corrected chi connectivity index (χ3v) is 5.33. The lowest BCUT2D eigenvalue weighted by molar-refractivity contribution is -0.00947. The highest BCUT2D eigenvalue weighted by Gasteiger charge is 2.38. The minimum atomic E-state index is 0.435. The van der Waals surface area contributed by atoms with Gasteiger partial charge in [0.15, 0.2) is 0 Å². The molecule has 2 saturated heterocycles. The van der Waals surface area contributed by atoms with E-state index in [9.17, 15) is 0 Å². The number of hydrogen-bond acceptors (Lipinski definition) is 3. The van der Waals surface area contributed by atoms with Crippen molar-refractivity contribution in [1.82, 2.24) is 10.2 Å². The zero-order valence-electron chi connectivity index (χ0n) is 14.7. The molecular weight excluding hydrogens is 260 g/mol. The van der Waals surface area contributed by atoms with Crippen molar-refractivity contribution in [3.63, 3.8) is 0 Å². The molecule has 1 atom stereocenters. The number of nitrogens with zero attached hydrogens (tertiary/aromatic N) is 1. The Morgan fingerprint density at radius 3 is 2.52 bits per heavy atom. The maximum Gasteiger partial charge on any atom is 0.0472 e. The fraction of sp³-hybridized carbons (Fsp3) is 1.00. The number of likely N-dealkylation sites (tertiary alicyclic amines) is 1. The second kappa shape index (κ2) is 7.94. The lowest BCUT2D eigenvalue weighted by Crippen LogP contribution is -2.49. The smallest absolute Gasteiger partial charge is 0.0472 e. The van der Waals surface area contributed by atoms with Crippen LogP contribution in [0.4, 0.5) is 0 Å². The van der Waals surface area contributed by atoms with Crippen molar-refractivity contribution in [2.45, 2.75) is 59.4 Å². The fourth-order valence-corrected chi connectivity index (χ4v) is 4.06. The maximum atomic E-state index is 5.64. The van der Waals surface area contributed by atoms with Crippen molar-refractivity contribution in [3.8, 4) is 0 Å². The fourth-order valence-electron chi connectivity index (χ4n) is 4.06. The molecule has 0 aromatic heterocycles. The average Bonchev–Trinajstić information content (AvgIpc) is 2.87. The summed E-state index contributed by atoms with van der Waals surface area (Å²) in [6.45, 7) is 16.1. The van der Waals surface area contributed by atoms with E-state index >= 15 is 0 Å². The molecule has 3 heteroatoms. The summed E-state index contributed by atoms with van der Waals surface area (Å²) in [4.78, 5) is 2.78. The minimum absolute atomic E-state index is 0.435. The highest BCUT2D eigenvalue weighted by atomic mass is 16.5. The van der Waals surface area contributed by atoms with Crippen LogP contribution in [-0.2, 0) is 4.74 Å². The molecule has 0 spiro atoms. The van der Waals surface area contributed by atoms with Crippen LogP contribution < -0.4 is 5.32 Å². The van der Waals surface area contributed by atoms with E-state index in [1.807, 2.05) is 0 Å². The summed E-state index contributed by atoms with van der Waals surface area (Å²) in [5, 5.41) is 3.73. The van der Waals surface area contributed by atoms with Crippen LogP contribution in [0.15, 0.2) is 0 Å². The molecule has 2 rings (SSSR count). The Kier molecular flexibility index (Phi) is 6.51. The van der Waals surface area contributed by atoms with Gasteiger partial charge in [0.1, 0.15) is 0 Å². The zero-order chi connectivity index (χ0) is 15.3. The van der Waals surface area contributed by atoms with Crippen LogP contribution >= 0.6 is 0 Å². The number of rotatable bonds is 7. The summed E-state index contributed by atoms with van der Waals surface area (Å²) in [5.41, 5.74) is 0.435. The first kappa shape index (κ1) is 17.2. The Balaban J connectivity index is 1.95. The topological polar surface area (TPSA) is 24.5 Å². The van der Waals surface area contributed by atoms with Gasteiger partial charge >= 0.3 is 0 Å². The van der Waals surface area contributed by atoms with Crippen LogP contribution in [0.3, 0.4) is 0 Å². The van der Waals surface area contributed by atoms with E-state index in [2.05, 4.69) is 37.9 Å². The van der Waals surface area contributed by atoms with Gasteiger partial charge in [-0.05, 0) is 56.0 Å². The van der Waals surface area contributed by atoms with Gasteiger partial charge in [0, 0.05) is 32.3 Å². The molecule has 0 amide bonds. The van der Waals surface area contributed by atoms with Crippen molar-refractivity contribution in [2.24, 2.45) is 17.3 Å². The molecule has 21 heavy (non-hydrogen) atoms. The van der Waals surface area contributed by atoms with Crippen molar-refractivity contribution in [3.05, 3.63) is 0 Å². The van der Waals surface area contributed by atoms with Crippen molar-refractivity contribution in [1.29, 1.82) is 0 Å². The van der Waals surface area contributed by atoms with Gasteiger partial charge in [-0.3, -0.25) is 4.90 Å². The molecule has 2 heterocycles. The molecule has 124 valence electrons. The summed E-state index contributed by atoms with van der Waals surface area (Å²) in [5.74, 6) is 1.52. The van der Waals surface area contributed by atoms with Gasteiger partial charge in [0.25, 0.3) is 0 Å². The third kappa shape index (κ3) is 4.94. The monoisotopic (exact) mass is 296 g/mol. The molecule has 2 aliphatic rings. The van der Waals surface area contributed by atoms with Crippen LogP contribution in [0.25, 0.3) is 0 Å². The molecule has 2 aliphatic heterocycles. The van der Waals surface area contributed by atoms with Crippen LogP contribution in [0, 0.1) is 17.3 Å². The summed E-state index contributed by atoms with van der Waals surface area (Å²) >= 11 is 0. The van der Waals surface area contributed by atoms with E-state index in [0.29, 0.717) is 5.41 Å². The first-order valence-corrected chi connectivity index (χ1v) is 9.05. The largest absolute Gasteiger partial charge is 0.381 e. The highest BCUT2D eigenvalue weighted by molar-refractivity contribution is 4.92. The van der Waals surface area contributed by atoms with E-state index in [-0.39, 0.29) is 0 Å². The van der Waals surface area contributed by atoms with E-state index < -0.39 is 0 Å². The average molecular weight is 296 g/mol. The molecule has 0 aromatic carbocycles. The summed E-state index contributed by atoms with van der Waals surface area (Å²) in [6.07, 6.45) is 5.22. The molecule has 0 saturated carbocycles. The first-order chi connectivity index (χ1) is 10.0. The van der Waals surface area contributed by atoms with Crippen LogP contribution in [0.1, 0.15) is 53.4 Å². The molecule has 0 aromatic rings. The van der Waals surface area contributed by atoms with Gasteiger partial charge in [-0.25, -0.2) is 0 Å². The number of ether oxygens (including phenoxy) is 1. The second-order valence-electron chi connectivity index (χ2n) is 8.06. The molecule has 3 nitrogen and oxygen atoms in total. The SMILES string of the molecule is CC(C)CNCC1(CN2CCCC2C(C)C)CCOCC1. The Labute approximate surface area is 131 Å². The van der Waals surface area contributed by atoms with Crippen LogP contribution in [0.5, 0.6) is 0 Å². The van der Waals surface area contributed by atoms with Crippen molar-refractivity contribution < 1.29 is 4.74 Å². The van der Waals surface area contributed by atoms with Crippen LogP contribution in [-0.4, -0.2) is 50.3 Å². The molecule has 1 unspecified atom stereocenters. The Hall–Kier alpha value is -0.120. The molecule has 2 fully saturated rings. The summed E-state index contributed by atoms with van der Waals surface area (Å²) in [6, 6.07) is 0.801. The van der Waals surface area contributed by atoms with E-state index in [1.54, 1.807) is 0 Å². The molecule has 0 bridgehead atoms. The quantitative estimate of drug-likeness (QED) is 0.781. The van der Waals surface area contributed by atoms with Crippen molar-refractivity contribution >= 4 is 0 Å². The maximum absolute atomic E-state index is 5.64. The van der Waals surface area contributed by atoms with Gasteiger partial charge in [0.2, 0.25) is 0 Å².